The summed E-state index contributed by atoms with van der Waals surface area (Å²) in [4.78, 5) is 26.3. The molecule has 0 saturated carbocycles. The first-order valence-corrected chi connectivity index (χ1v) is 5.36. The Morgan fingerprint density at radius 2 is 1.75 bits per heavy atom. The molecule has 0 fully saturated rings. The van der Waals surface area contributed by atoms with Crippen molar-refractivity contribution < 1.29 is 19.1 Å². The zero-order valence-electron chi connectivity index (χ0n) is 10.3. The number of hydrogen-bond acceptors (Lipinski definition) is 5. The summed E-state index contributed by atoms with van der Waals surface area (Å²) >= 11 is 0. The molecule has 16 heavy (non-hydrogen) atoms. The van der Waals surface area contributed by atoms with Crippen LogP contribution < -0.4 is 0 Å². The zero-order valence-corrected chi connectivity index (χ0v) is 10.3. The molecule has 1 atom stereocenters. The predicted molar refractivity (Wildman–Crippen MR) is 60.4 cm³/mol. The molecule has 5 heteroatoms. The van der Waals surface area contributed by atoms with Gasteiger partial charge in [-0.25, -0.2) is 0 Å². The molecule has 1 unspecified atom stereocenters. The lowest BCUT2D eigenvalue weighted by molar-refractivity contribution is -0.145. The number of ether oxygens (including phenoxy) is 2. The summed E-state index contributed by atoms with van der Waals surface area (Å²) in [5.41, 5.74) is 0.575. The van der Waals surface area contributed by atoms with Gasteiger partial charge in [-0.2, -0.15) is 0 Å². The molecule has 0 aromatic carbocycles. The van der Waals surface area contributed by atoms with E-state index in [0.29, 0.717) is 18.9 Å². The highest BCUT2D eigenvalue weighted by molar-refractivity contribution is 6.01. The molecule has 0 aromatic heterocycles. The largest absolute Gasteiger partial charge is 0.465 e. The van der Waals surface area contributed by atoms with E-state index < -0.39 is 11.9 Å². The summed E-state index contributed by atoms with van der Waals surface area (Å²) < 4.78 is 9.56. The van der Waals surface area contributed by atoms with Gasteiger partial charge in [-0.15, -0.1) is 0 Å². The van der Waals surface area contributed by atoms with Crippen LogP contribution in [0.25, 0.3) is 0 Å². The van der Waals surface area contributed by atoms with Crippen LogP contribution in [0.15, 0.2) is 4.99 Å². The van der Waals surface area contributed by atoms with Crippen molar-refractivity contribution in [3.05, 3.63) is 0 Å². The molecule has 0 aromatic rings. The van der Waals surface area contributed by atoms with Crippen LogP contribution in [0.1, 0.15) is 27.7 Å². The molecule has 0 bridgehead atoms. The average molecular weight is 229 g/mol. The fraction of sp³-hybridized carbons (Fsp3) is 0.727. The number of esters is 2. The van der Waals surface area contributed by atoms with Gasteiger partial charge in [0.1, 0.15) is 6.54 Å². The Balaban J connectivity index is 4.20. The number of carbonyl (C=O) groups excluding carboxylic acids is 2. The van der Waals surface area contributed by atoms with Gasteiger partial charge in [-0.1, -0.05) is 0 Å². The molecular weight excluding hydrogens is 210 g/mol. The molecule has 0 spiro atoms. The summed E-state index contributed by atoms with van der Waals surface area (Å²) in [6.07, 6.45) is 0. The average Bonchev–Trinajstić information content (AvgIpc) is 2.25. The van der Waals surface area contributed by atoms with Crippen molar-refractivity contribution >= 4 is 17.7 Å². The third-order valence-electron chi connectivity index (χ3n) is 2.03. The lowest BCUT2D eigenvalue weighted by atomic mass is 10.1. The monoisotopic (exact) mass is 229 g/mol. The normalized spacial score (nSPS) is 13.1. The summed E-state index contributed by atoms with van der Waals surface area (Å²) in [6.45, 7) is 7.49. The third-order valence-corrected chi connectivity index (χ3v) is 2.03. The maximum absolute atomic E-state index is 11.3. The highest BCUT2D eigenvalue weighted by Crippen LogP contribution is 2.02. The van der Waals surface area contributed by atoms with Crippen molar-refractivity contribution in [3.8, 4) is 0 Å². The van der Waals surface area contributed by atoms with Gasteiger partial charge >= 0.3 is 11.9 Å². The first kappa shape index (κ1) is 14.6. The Morgan fingerprint density at radius 1 is 1.19 bits per heavy atom. The Hall–Kier alpha value is -1.39. The molecule has 0 N–H and O–H groups in total. The van der Waals surface area contributed by atoms with Gasteiger partial charge in [0, 0.05) is 5.71 Å². The van der Waals surface area contributed by atoms with Gasteiger partial charge in [-0.3, -0.25) is 14.6 Å². The van der Waals surface area contributed by atoms with Crippen molar-refractivity contribution in [1.82, 2.24) is 0 Å². The van der Waals surface area contributed by atoms with E-state index in [1.165, 1.54) is 0 Å². The highest BCUT2D eigenvalue weighted by atomic mass is 16.5. The molecule has 0 aliphatic heterocycles. The highest BCUT2D eigenvalue weighted by Gasteiger charge is 2.17. The van der Waals surface area contributed by atoms with E-state index >= 15 is 0 Å². The topological polar surface area (TPSA) is 65.0 Å². The minimum Gasteiger partial charge on any atom is -0.465 e. The molecule has 0 radical (unpaired) electrons. The van der Waals surface area contributed by atoms with E-state index in [-0.39, 0.29) is 12.5 Å². The SMILES string of the molecule is CCOC(=O)CN=C(C)C(C)C(=O)OCC. The van der Waals surface area contributed by atoms with Crippen LogP contribution >= 0.6 is 0 Å². The number of rotatable bonds is 6. The predicted octanol–water partition coefficient (Wildman–Crippen LogP) is 1.21. The van der Waals surface area contributed by atoms with Gasteiger partial charge in [0.05, 0.1) is 19.1 Å². The van der Waals surface area contributed by atoms with Crippen molar-refractivity contribution in [1.29, 1.82) is 0 Å². The minimum absolute atomic E-state index is 0.0522. The second-order valence-corrected chi connectivity index (χ2v) is 3.24. The van der Waals surface area contributed by atoms with E-state index in [9.17, 15) is 9.59 Å². The number of aliphatic imine (C=N–C) groups is 1. The van der Waals surface area contributed by atoms with Crippen molar-refractivity contribution in [2.45, 2.75) is 27.7 Å². The van der Waals surface area contributed by atoms with E-state index in [1.54, 1.807) is 27.7 Å². The fourth-order valence-corrected chi connectivity index (χ4v) is 0.971. The van der Waals surface area contributed by atoms with Crippen molar-refractivity contribution in [2.24, 2.45) is 10.9 Å². The Bertz CT molecular complexity index is 273. The summed E-state index contributed by atoms with van der Waals surface area (Å²) in [5.74, 6) is -1.14. The molecular formula is C11H19NO4. The van der Waals surface area contributed by atoms with E-state index in [1.807, 2.05) is 0 Å². The molecule has 0 heterocycles. The third kappa shape index (κ3) is 5.48. The van der Waals surface area contributed by atoms with Gasteiger partial charge in [0.2, 0.25) is 0 Å². The van der Waals surface area contributed by atoms with E-state index in [2.05, 4.69) is 4.99 Å². The smallest absolute Gasteiger partial charge is 0.327 e. The molecule has 92 valence electrons. The number of carbonyl (C=O) groups is 2. The van der Waals surface area contributed by atoms with E-state index in [0.717, 1.165) is 0 Å². The van der Waals surface area contributed by atoms with Crippen LogP contribution in [0.2, 0.25) is 0 Å². The van der Waals surface area contributed by atoms with Gasteiger partial charge in [0.25, 0.3) is 0 Å². The lowest BCUT2D eigenvalue weighted by Crippen LogP contribution is -2.22. The Labute approximate surface area is 95.8 Å². The molecule has 0 aliphatic carbocycles. The first-order chi connectivity index (χ1) is 7.52. The van der Waals surface area contributed by atoms with Crippen molar-refractivity contribution in [2.75, 3.05) is 19.8 Å². The maximum atomic E-state index is 11.3. The molecule has 5 nitrogen and oxygen atoms in total. The van der Waals surface area contributed by atoms with Crippen LogP contribution in [0.4, 0.5) is 0 Å². The molecule has 0 aliphatic rings. The fourth-order valence-electron chi connectivity index (χ4n) is 0.971. The minimum atomic E-state index is -0.422. The summed E-state index contributed by atoms with van der Waals surface area (Å²) in [5, 5.41) is 0. The van der Waals surface area contributed by atoms with Crippen LogP contribution in [-0.4, -0.2) is 37.4 Å². The quantitative estimate of drug-likeness (QED) is 0.507. The number of hydrogen-bond donors (Lipinski definition) is 0. The second kappa shape index (κ2) is 7.84. The van der Waals surface area contributed by atoms with E-state index in [4.69, 9.17) is 9.47 Å². The van der Waals surface area contributed by atoms with Gasteiger partial charge < -0.3 is 9.47 Å². The van der Waals surface area contributed by atoms with Gasteiger partial charge in [-0.05, 0) is 27.7 Å². The molecule has 0 amide bonds. The van der Waals surface area contributed by atoms with Crippen LogP contribution in [0.5, 0.6) is 0 Å². The number of nitrogens with zero attached hydrogens (tertiary/aromatic N) is 1. The summed E-state index contributed by atoms with van der Waals surface area (Å²) in [6, 6.07) is 0. The second-order valence-electron chi connectivity index (χ2n) is 3.24. The molecule has 0 rings (SSSR count). The Morgan fingerprint density at radius 3 is 2.25 bits per heavy atom. The molecule has 0 saturated heterocycles. The standard InChI is InChI=1S/C11H19NO4/c1-5-15-10(13)7-12-9(4)8(3)11(14)16-6-2/h8H,5-7H2,1-4H3. The van der Waals surface area contributed by atoms with Crippen LogP contribution in [0.3, 0.4) is 0 Å². The summed E-state index contributed by atoms with van der Waals surface area (Å²) in [7, 11) is 0. The first-order valence-electron chi connectivity index (χ1n) is 5.36. The Kier molecular flexibility index (Phi) is 7.16. The van der Waals surface area contributed by atoms with Crippen LogP contribution in [0, 0.1) is 5.92 Å². The lowest BCUT2D eigenvalue weighted by Gasteiger charge is -2.09. The van der Waals surface area contributed by atoms with Crippen molar-refractivity contribution in [3.63, 3.8) is 0 Å². The van der Waals surface area contributed by atoms with Crippen LogP contribution in [-0.2, 0) is 19.1 Å². The maximum Gasteiger partial charge on any atom is 0.327 e. The zero-order chi connectivity index (χ0) is 12.6. The van der Waals surface area contributed by atoms with Gasteiger partial charge in [0.15, 0.2) is 0 Å².